The lowest BCUT2D eigenvalue weighted by Gasteiger charge is -2.21. The van der Waals surface area contributed by atoms with Crippen LogP contribution in [0.1, 0.15) is 39.2 Å². The number of aliphatic hydroxyl groups is 1. The number of hydrogen-bond donors (Lipinski definition) is 2. The Morgan fingerprint density at radius 1 is 1.45 bits per heavy atom. The molecule has 1 amide bonds. The minimum Gasteiger partial charge on any atom is -0.395 e. The van der Waals surface area contributed by atoms with Crippen LogP contribution in [0.2, 0.25) is 0 Å². The molecule has 0 bridgehead atoms. The second-order valence-corrected chi connectivity index (χ2v) is 5.16. The Hall–Kier alpha value is -1.86. The minimum absolute atomic E-state index is 0.0181. The van der Waals surface area contributed by atoms with E-state index in [1.807, 2.05) is 20.8 Å². The molecule has 0 radical (unpaired) electrons. The minimum atomic E-state index is -0.536. The lowest BCUT2D eigenvalue weighted by molar-refractivity contribution is -0.124. The summed E-state index contributed by atoms with van der Waals surface area (Å²) < 4.78 is 13.9. The van der Waals surface area contributed by atoms with Gasteiger partial charge in [-0.25, -0.2) is 4.39 Å². The van der Waals surface area contributed by atoms with Gasteiger partial charge in [-0.05, 0) is 24.6 Å². The predicted octanol–water partition coefficient (Wildman–Crippen LogP) is 2.93. The molecule has 0 aliphatic carbocycles. The van der Waals surface area contributed by atoms with Crippen LogP contribution < -0.4 is 5.32 Å². The molecule has 20 heavy (non-hydrogen) atoms. The molecule has 0 aliphatic rings. The molecule has 1 rings (SSSR count). The summed E-state index contributed by atoms with van der Waals surface area (Å²) in [6.45, 7) is 5.52. The number of halogens is 1. The Morgan fingerprint density at radius 2 is 2.15 bits per heavy atom. The van der Waals surface area contributed by atoms with E-state index in [-0.39, 0.29) is 18.2 Å². The number of amides is 1. The maximum Gasteiger partial charge on any atom is 0.230 e. The first-order valence-electron chi connectivity index (χ1n) is 6.61. The Labute approximate surface area is 119 Å². The van der Waals surface area contributed by atoms with Gasteiger partial charge in [-0.15, -0.1) is 0 Å². The summed E-state index contributed by atoms with van der Waals surface area (Å²) in [6.07, 6.45) is 1.02. The number of carbonyl (C=O) groups excluding carboxylic acids is 1. The zero-order valence-corrected chi connectivity index (χ0v) is 12.1. The second-order valence-electron chi connectivity index (χ2n) is 5.16. The summed E-state index contributed by atoms with van der Waals surface area (Å²) in [4.78, 5) is 12.0. The number of anilines is 1. The molecule has 2 N–H and O–H groups in total. The van der Waals surface area contributed by atoms with Crippen molar-refractivity contribution in [1.82, 2.24) is 0 Å². The zero-order valence-electron chi connectivity index (χ0n) is 12.1. The first kappa shape index (κ1) is 16.2. The summed E-state index contributed by atoms with van der Waals surface area (Å²) in [6, 6.07) is 4.42. The molecular weight excluding hydrogens is 257 g/mol. The van der Waals surface area contributed by atoms with Crippen LogP contribution in [-0.2, 0) is 4.79 Å². The van der Waals surface area contributed by atoms with Crippen molar-refractivity contribution in [2.24, 2.45) is 5.41 Å². The Morgan fingerprint density at radius 3 is 2.70 bits per heavy atom. The number of benzene rings is 1. The van der Waals surface area contributed by atoms with Crippen molar-refractivity contribution in [3.63, 3.8) is 0 Å². The molecule has 0 spiro atoms. The van der Waals surface area contributed by atoms with Crippen LogP contribution in [0.5, 0.6) is 0 Å². The van der Waals surface area contributed by atoms with Crippen LogP contribution in [0.15, 0.2) is 18.2 Å². The average molecular weight is 277 g/mol. The Bertz CT molecular complexity index is 541. The fourth-order valence-corrected chi connectivity index (χ4v) is 1.37. The van der Waals surface area contributed by atoms with Gasteiger partial charge in [0.1, 0.15) is 5.82 Å². The smallest absolute Gasteiger partial charge is 0.230 e. The third-order valence-electron chi connectivity index (χ3n) is 3.19. The van der Waals surface area contributed by atoms with Gasteiger partial charge < -0.3 is 10.4 Å². The molecule has 1 aromatic carbocycles. The maximum atomic E-state index is 13.9. The van der Waals surface area contributed by atoms with Crippen molar-refractivity contribution >= 4 is 11.6 Å². The summed E-state index contributed by atoms with van der Waals surface area (Å²) in [5.41, 5.74) is 0.138. The highest BCUT2D eigenvalue weighted by Gasteiger charge is 2.25. The fourth-order valence-electron chi connectivity index (χ4n) is 1.37. The van der Waals surface area contributed by atoms with Gasteiger partial charge in [0.15, 0.2) is 0 Å². The van der Waals surface area contributed by atoms with E-state index in [2.05, 4.69) is 17.2 Å². The average Bonchev–Trinajstić information content (AvgIpc) is 2.41. The predicted molar refractivity (Wildman–Crippen MR) is 77.7 cm³/mol. The summed E-state index contributed by atoms with van der Waals surface area (Å²) in [5, 5.41) is 11.2. The molecule has 0 fully saturated rings. The molecule has 0 aromatic heterocycles. The second kappa shape index (κ2) is 7.06. The van der Waals surface area contributed by atoms with Crippen LogP contribution in [-0.4, -0.2) is 17.6 Å². The van der Waals surface area contributed by atoms with E-state index in [1.165, 1.54) is 12.1 Å². The largest absolute Gasteiger partial charge is 0.395 e. The van der Waals surface area contributed by atoms with Crippen molar-refractivity contribution in [2.75, 3.05) is 11.9 Å². The van der Waals surface area contributed by atoms with Crippen molar-refractivity contribution in [3.05, 3.63) is 29.6 Å². The molecule has 0 unspecified atom stereocenters. The topological polar surface area (TPSA) is 49.3 Å². The first-order valence-corrected chi connectivity index (χ1v) is 6.61. The highest BCUT2D eigenvalue weighted by Crippen LogP contribution is 2.23. The molecule has 0 saturated heterocycles. The fraction of sp³-hybridized carbons (Fsp3) is 0.438. The van der Waals surface area contributed by atoms with Gasteiger partial charge in [0.25, 0.3) is 0 Å². The van der Waals surface area contributed by atoms with Crippen LogP contribution in [0.25, 0.3) is 0 Å². The molecule has 0 atom stereocenters. The number of aliphatic hydroxyl groups excluding tert-OH is 1. The van der Waals surface area contributed by atoms with E-state index in [1.54, 1.807) is 6.07 Å². The standard InChI is InChI=1S/C16H20FNO2/c1-4-16(2,3)15(20)18-14-9-8-12(11-13(14)17)7-5-6-10-19/h8-9,11,19H,4,6,10H2,1-3H3,(H,18,20). The van der Waals surface area contributed by atoms with E-state index in [0.29, 0.717) is 18.4 Å². The maximum absolute atomic E-state index is 13.9. The third kappa shape index (κ3) is 4.36. The van der Waals surface area contributed by atoms with Crippen LogP contribution in [0.3, 0.4) is 0 Å². The third-order valence-corrected chi connectivity index (χ3v) is 3.19. The van der Waals surface area contributed by atoms with Gasteiger partial charge in [-0.1, -0.05) is 32.6 Å². The lowest BCUT2D eigenvalue weighted by Crippen LogP contribution is -2.30. The number of nitrogens with one attached hydrogen (secondary N) is 1. The van der Waals surface area contributed by atoms with Gasteiger partial charge in [-0.3, -0.25) is 4.79 Å². The lowest BCUT2D eigenvalue weighted by atomic mass is 9.89. The Kier molecular flexibility index (Phi) is 5.72. The monoisotopic (exact) mass is 277 g/mol. The molecule has 0 heterocycles. The van der Waals surface area contributed by atoms with E-state index < -0.39 is 11.2 Å². The van der Waals surface area contributed by atoms with Gasteiger partial charge in [0.2, 0.25) is 5.91 Å². The van der Waals surface area contributed by atoms with Crippen molar-refractivity contribution in [3.8, 4) is 11.8 Å². The summed E-state index contributed by atoms with van der Waals surface area (Å²) >= 11 is 0. The first-order chi connectivity index (χ1) is 9.40. The highest BCUT2D eigenvalue weighted by atomic mass is 19.1. The number of rotatable bonds is 4. The molecule has 4 heteroatoms. The van der Waals surface area contributed by atoms with Crippen molar-refractivity contribution in [1.29, 1.82) is 0 Å². The molecule has 0 saturated carbocycles. The van der Waals surface area contributed by atoms with Crippen molar-refractivity contribution < 1.29 is 14.3 Å². The van der Waals surface area contributed by atoms with Gasteiger partial charge in [0.05, 0.1) is 12.3 Å². The van der Waals surface area contributed by atoms with E-state index in [4.69, 9.17) is 5.11 Å². The van der Waals surface area contributed by atoms with E-state index >= 15 is 0 Å². The van der Waals surface area contributed by atoms with E-state index in [0.717, 1.165) is 0 Å². The van der Waals surface area contributed by atoms with Gasteiger partial charge >= 0.3 is 0 Å². The molecule has 0 aliphatic heterocycles. The quantitative estimate of drug-likeness (QED) is 0.831. The van der Waals surface area contributed by atoms with Gasteiger partial charge in [-0.2, -0.15) is 0 Å². The molecule has 1 aromatic rings. The van der Waals surface area contributed by atoms with Crippen molar-refractivity contribution in [2.45, 2.75) is 33.6 Å². The van der Waals surface area contributed by atoms with Crippen LogP contribution in [0, 0.1) is 23.1 Å². The van der Waals surface area contributed by atoms with Crippen LogP contribution >= 0.6 is 0 Å². The van der Waals surface area contributed by atoms with Gasteiger partial charge in [0, 0.05) is 17.4 Å². The Balaban J connectivity index is 2.85. The normalized spacial score (nSPS) is 10.7. The summed E-state index contributed by atoms with van der Waals surface area (Å²) in [7, 11) is 0. The SMILES string of the molecule is CCC(C)(C)C(=O)Nc1ccc(C#CCCO)cc1F. The summed E-state index contributed by atoms with van der Waals surface area (Å²) in [5.74, 6) is 4.74. The number of hydrogen-bond acceptors (Lipinski definition) is 2. The van der Waals surface area contributed by atoms with Crippen LogP contribution in [0.4, 0.5) is 10.1 Å². The molecule has 3 nitrogen and oxygen atoms in total. The van der Waals surface area contributed by atoms with E-state index in [9.17, 15) is 9.18 Å². The zero-order chi connectivity index (χ0) is 15.2. The molecular formula is C16H20FNO2. The molecule has 108 valence electrons. The highest BCUT2D eigenvalue weighted by molar-refractivity contribution is 5.94. The number of carbonyl (C=O) groups is 1.